The Hall–Kier alpha value is -3.74. The second-order valence-corrected chi connectivity index (χ2v) is 7.29. The Bertz CT molecular complexity index is 1060. The van der Waals surface area contributed by atoms with Gasteiger partial charge in [-0.1, -0.05) is 65.8 Å². The summed E-state index contributed by atoms with van der Waals surface area (Å²) in [6.45, 7) is 4.03. The molecule has 0 saturated carbocycles. The Morgan fingerprint density at radius 3 is 2.20 bits per heavy atom. The largest absolute Gasteiger partial charge is 0.401 e. The van der Waals surface area contributed by atoms with Gasteiger partial charge in [-0.2, -0.15) is 5.10 Å². The van der Waals surface area contributed by atoms with E-state index in [2.05, 4.69) is 20.6 Å². The smallest absolute Gasteiger partial charge is 0.322 e. The highest BCUT2D eigenvalue weighted by atomic mass is 16.4. The van der Waals surface area contributed by atoms with Crippen LogP contribution in [0.4, 0.5) is 6.01 Å². The van der Waals surface area contributed by atoms with Gasteiger partial charge in [0.2, 0.25) is 5.91 Å². The van der Waals surface area contributed by atoms with Gasteiger partial charge in [0, 0.05) is 24.6 Å². The average molecular weight is 401 g/mol. The highest BCUT2D eigenvalue weighted by molar-refractivity contribution is 5.89. The maximum atomic E-state index is 12.8. The van der Waals surface area contributed by atoms with Gasteiger partial charge in [-0.3, -0.25) is 14.8 Å². The molecular weight excluding hydrogens is 378 g/mol. The van der Waals surface area contributed by atoms with Crippen LogP contribution in [0.1, 0.15) is 43.4 Å². The first kappa shape index (κ1) is 19.6. The predicted molar refractivity (Wildman–Crippen MR) is 114 cm³/mol. The van der Waals surface area contributed by atoms with Crippen LogP contribution in [0.25, 0.3) is 11.6 Å². The fourth-order valence-electron chi connectivity index (χ4n) is 3.43. The molecule has 7 heteroatoms. The number of hydrogen-bond donors (Lipinski definition) is 1. The molecule has 0 fully saturated rings. The number of benzene rings is 2. The van der Waals surface area contributed by atoms with Crippen molar-refractivity contribution in [1.29, 1.82) is 0 Å². The molecule has 2 aromatic carbocycles. The third-order valence-corrected chi connectivity index (χ3v) is 4.84. The predicted octanol–water partition coefficient (Wildman–Crippen LogP) is 4.67. The molecule has 0 atom stereocenters. The Labute approximate surface area is 174 Å². The van der Waals surface area contributed by atoms with E-state index in [9.17, 15) is 4.79 Å². The summed E-state index contributed by atoms with van der Waals surface area (Å²) in [4.78, 5) is 12.8. The fourth-order valence-corrected chi connectivity index (χ4v) is 3.43. The van der Waals surface area contributed by atoms with Crippen molar-refractivity contribution in [3.8, 4) is 11.6 Å². The normalized spacial score (nSPS) is 11.2. The van der Waals surface area contributed by atoms with Gasteiger partial charge in [0.25, 0.3) is 5.89 Å². The number of rotatable bonds is 7. The standard InChI is InChI=1S/C23H23N5O2/c1-16(2)28-20(13-14-24-28)22-26-27-23(30-22)25-21(29)15-19(17-9-5-3-6-10-17)18-11-7-4-8-12-18/h3-14,16,19H,15H2,1-2H3,(H,25,27,29). The Kier molecular flexibility index (Phi) is 5.70. The van der Waals surface area contributed by atoms with Crippen LogP contribution >= 0.6 is 0 Å². The molecular formula is C23H23N5O2. The van der Waals surface area contributed by atoms with Crippen molar-refractivity contribution in [2.75, 3.05) is 5.32 Å². The minimum atomic E-state index is -0.194. The molecule has 0 aliphatic heterocycles. The van der Waals surface area contributed by atoms with E-state index in [1.165, 1.54) is 0 Å². The molecule has 1 N–H and O–H groups in total. The van der Waals surface area contributed by atoms with Gasteiger partial charge in [-0.25, -0.2) is 0 Å². The number of aromatic nitrogens is 4. The molecule has 0 spiro atoms. The summed E-state index contributed by atoms with van der Waals surface area (Å²) >= 11 is 0. The molecule has 0 saturated heterocycles. The summed E-state index contributed by atoms with van der Waals surface area (Å²) in [5, 5.41) is 15.0. The van der Waals surface area contributed by atoms with Crippen molar-refractivity contribution in [3.63, 3.8) is 0 Å². The molecule has 152 valence electrons. The molecule has 1 amide bonds. The number of carbonyl (C=O) groups is 1. The zero-order valence-corrected chi connectivity index (χ0v) is 16.9. The SMILES string of the molecule is CC(C)n1nccc1-c1nnc(NC(=O)CC(c2ccccc2)c2ccccc2)o1. The van der Waals surface area contributed by atoms with E-state index in [0.29, 0.717) is 11.6 Å². The third kappa shape index (κ3) is 4.30. The van der Waals surface area contributed by atoms with Crippen molar-refractivity contribution in [3.05, 3.63) is 84.1 Å². The van der Waals surface area contributed by atoms with Crippen molar-refractivity contribution < 1.29 is 9.21 Å². The first-order chi connectivity index (χ1) is 14.6. The van der Waals surface area contributed by atoms with E-state index in [-0.39, 0.29) is 30.3 Å². The fraction of sp³-hybridized carbons (Fsp3) is 0.217. The molecule has 30 heavy (non-hydrogen) atoms. The molecule has 0 aliphatic rings. The topological polar surface area (TPSA) is 85.8 Å². The molecule has 2 aromatic heterocycles. The second-order valence-electron chi connectivity index (χ2n) is 7.29. The summed E-state index contributed by atoms with van der Waals surface area (Å²) in [6, 6.07) is 22.0. The van der Waals surface area contributed by atoms with Gasteiger partial charge >= 0.3 is 6.01 Å². The lowest BCUT2D eigenvalue weighted by Crippen LogP contribution is -2.16. The van der Waals surface area contributed by atoms with Gasteiger partial charge in [0.1, 0.15) is 5.69 Å². The van der Waals surface area contributed by atoms with E-state index in [0.717, 1.165) is 11.1 Å². The Balaban J connectivity index is 1.51. The minimum absolute atomic E-state index is 0.0721. The summed E-state index contributed by atoms with van der Waals surface area (Å²) < 4.78 is 7.46. The lowest BCUT2D eigenvalue weighted by Gasteiger charge is -2.17. The highest BCUT2D eigenvalue weighted by Crippen LogP contribution is 2.28. The number of anilines is 1. The first-order valence-electron chi connectivity index (χ1n) is 9.89. The number of nitrogens with zero attached hydrogens (tertiary/aromatic N) is 4. The van der Waals surface area contributed by atoms with E-state index < -0.39 is 0 Å². The highest BCUT2D eigenvalue weighted by Gasteiger charge is 2.20. The van der Waals surface area contributed by atoms with Gasteiger partial charge in [0.15, 0.2) is 0 Å². The lowest BCUT2D eigenvalue weighted by atomic mass is 9.88. The van der Waals surface area contributed by atoms with E-state index in [1.54, 1.807) is 16.9 Å². The van der Waals surface area contributed by atoms with Crippen molar-refractivity contribution >= 4 is 11.9 Å². The Morgan fingerprint density at radius 1 is 0.967 bits per heavy atom. The third-order valence-electron chi connectivity index (χ3n) is 4.84. The number of amides is 1. The number of carbonyl (C=O) groups excluding carboxylic acids is 1. The summed E-state index contributed by atoms with van der Waals surface area (Å²) in [5.74, 6) is 0.0524. The maximum Gasteiger partial charge on any atom is 0.322 e. The lowest BCUT2D eigenvalue weighted by molar-refractivity contribution is -0.116. The van der Waals surface area contributed by atoms with Gasteiger partial charge in [-0.15, -0.1) is 5.10 Å². The van der Waals surface area contributed by atoms with Crippen LogP contribution in [0, 0.1) is 0 Å². The van der Waals surface area contributed by atoms with Crippen LogP contribution in [0.2, 0.25) is 0 Å². The summed E-state index contributed by atoms with van der Waals surface area (Å²) in [6.07, 6.45) is 1.94. The van der Waals surface area contributed by atoms with Crippen LogP contribution < -0.4 is 5.32 Å². The zero-order valence-electron chi connectivity index (χ0n) is 16.9. The molecule has 2 heterocycles. The van der Waals surface area contributed by atoms with Gasteiger partial charge in [0.05, 0.1) is 0 Å². The molecule has 4 aromatic rings. The molecule has 0 unspecified atom stereocenters. The first-order valence-corrected chi connectivity index (χ1v) is 9.89. The van der Waals surface area contributed by atoms with Gasteiger partial charge in [-0.05, 0) is 31.0 Å². The van der Waals surface area contributed by atoms with E-state index in [4.69, 9.17) is 4.42 Å². The van der Waals surface area contributed by atoms with Crippen LogP contribution in [-0.4, -0.2) is 25.9 Å². The molecule has 7 nitrogen and oxygen atoms in total. The van der Waals surface area contributed by atoms with Crippen LogP contribution in [0.5, 0.6) is 0 Å². The Morgan fingerprint density at radius 2 is 1.60 bits per heavy atom. The number of nitrogens with one attached hydrogen (secondary N) is 1. The monoisotopic (exact) mass is 401 g/mol. The molecule has 0 radical (unpaired) electrons. The van der Waals surface area contributed by atoms with Crippen LogP contribution in [-0.2, 0) is 4.79 Å². The minimum Gasteiger partial charge on any atom is -0.401 e. The quantitative estimate of drug-likeness (QED) is 0.486. The van der Waals surface area contributed by atoms with Crippen molar-refractivity contribution in [1.82, 2.24) is 20.0 Å². The molecule has 0 bridgehead atoms. The van der Waals surface area contributed by atoms with E-state index >= 15 is 0 Å². The maximum absolute atomic E-state index is 12.8. The summed E-state index contributed by atoms with van der Waals surface area (Å²) in [5.41, 5.74) is 2.86. The van der Waals surface area contributed by atoms with Crippen LogP contribution in [0.15, 0.2) is 77.3 Å². The second kappa shape index (κ2) is 8.73. The van der Waals surface area contributed by atoms with Crippen molar-refractivity contribution in [2.24, 2.45) is 0 Å². The van der Waals surface area contributed by atoms with Crippen LogP contribution in [0.3, 0.4) is 0 Å². The van der Waals surface area contributed by atoms with Gasteiger partial charge < -0.3 is 4.42 Å². The molecule has 0 aliphatic carbocycles. The number of hydrogen-bond acceptors (Lipinski definition) is 5. The summed E-state index contributed by atoms with van der Waals surface area (Å²) in [7, 11) is 0. The zero-order chi connectivity index (χ0) is 20.9. The van der Waals surface area contributed by atoms with Crippen molar-refractivity contribution in [2.45, 2.75) is 32.2 Å². The average Bonchev–Trinajstić information content (AvgIpc) is 3.43. The molecule has 4 rings (SSSR count). The van der Waals surface area contributed by atoms with E-state index in [1.807, 2.05) is 74.5 Å².